The SMILES string of the molecule is CCNS(=O)(=O)NC(CO)c1ccccc1. The summed E-state index contributed by atoms with van der Waals surface area (Å²) in [6, 6.07) is 8.31. The van der Waals surface area contributed by atoms with E-state index in [1.807, 2.05) is 6.07 Å². The van der Waals surface area contributed by atoms with Crippen molar-refractivity contribution in [1.82, 2.24) is 9.44 Å². The Bertz CT molecular complexity index is 405. The third kappa shape index (κ3) is 3.90. The highest BCUT2D eigenvalue weighted by atomic mass is 32.2. The van der Waals surface area contributed by atoms with Gasteiger partial charge in [0.2, 0.25) is 0 Å². The number of hydrogen-bond acceptors (Lipinski definition) is 3. The molecule has 3 N–H and O–H groups in total. The van der Waals surface area contributed by atoms with Gasteiger partial charge in [0, 0.05) is 6.54 Å². The van der Waals surface area contributed by atoms with Crippen molar-refractivity contribution in [2.24, 2.45) is 0 Å². The van der Waals surface area contributed by atoms with Crippen LogP contribution in [0.4, 0.5) is 0 Å². The smallest absolute Gasteiger partial charge is 0.277 e. The lowest BCUT2D eigenvalue weighted by Crippen LogP contribution is -2.39. The van der Waals surface area contributed by atoms with Gasteiger partial charge in [-0.15, -0.1) is 0 Å². The van der Waals surface area contributed by atoms with Gasteiger partial charge in [-0.2, -0.15) is 13.1 Å². The van der Waals surface area contributed by atoms with E-state index >= 15 is 0 Å². The summed E-state index contributed by atoms with van der Waals surface area (Å²) in [7, 11) is -3.55. The van der Waals surface area contributed by atoms with Gasteiger partial charge in [-0.3, -0.25) is 0 Å². The minimum atomic E-state index is -3.55. The lowest BCUT2D eigenvalue weighted by Gasteiger charge is -2.16. The molecule has 1 atom stereocenters. The summed E-state index contributed by atoms with van der Waals surface area (Å²) < 4.78 is 27.6. The van der Waals surface area contributed by atoms with E-state index in [4.69, 9.17) is 5.11 Å². The molecule has 0 saturated heterocycles. The Labute approximate surface area is 95.7 Å². The molecule has 0 spiro atoms. The van der Waals surface area contributed by atoms with Crippen LogP contribution in [0, 0.1) is 0 Å². The Kier molecular flexibility index (Phi) is 4.88. The fraction of sp³-hybridized carbons (Fsp3) is 0.400. The minimum Gasteiger partial charge on any atom is -0.394 e. The Morgan fingerprint density at radius 3 is 2.44 bits per heavy atom. The summed E-state index contributed by atoms with van der Waals surface area (Å²) in [4.78, 5) is 0. The molecule has 1 aromatic carbocycles. The van der Waals surface area contributed by atoms with Gasteiger partial charge in [0.05, 0.1) is 12.6 Å². The molecule has 5 nitrogen and oxygen atoms in total. The first-order valence-electron chi connectivity index (χ1n) is 5.01. The highest BCUT2D eigenvalue weighted by Gasteiger charge is 2.17. The minimum absolute atomic E-state index is 0.283. The van der Waals surface area contributed by atoms with E-state index < -0.39 is 16.3 Å². The quantitative estimate of drug-likeness (QED) is 0.667. The summed E-state index contributed by atoms with van der Waals surface area (Å²) in [5, 5.41) is 9.16. The molecule has 6 heteroatoms. The average molecular weight is 244 g/mol. The zero-order chi connectivity index (χ0) is 12.0. The lowest BCUT2D eigenvalue weighted by atomic mass is 10.1. The van der Waals surface area contributed by atoms with Gasteiger partial charge in [-0.1, -0.05) is 37.3 Å². The van der Waals surface area contributed by atoms with Crippen molar-refractivity contribution in [3.63, 3.8) is 0 Å². The number of benzene rings is 1. The monoisotopic (exact) mass is 244 g/mol. The third-order valence-corrected chi connectivity index (χ3v) is 3.28. The molecule has 0 aromatic heterocycles. The fourth-order valence-electron chi connectivity index (χ4n) is 1.32. The summed E-state index contributed by atoms with van der Waals surface area (Å²) in [6.07, 6.45) is 0. The molecule has 0 aliphatic heterocycles. The molecule has 16 heavy (non-hydrogen) atoms. The largest absolute Gasteiger partial charge is 0.394 e. The van der Waals surface area contributed by atoms with Gasteiger partial charge in [-0.05, 0) is 5.56 Å². The molecule has 1 aromatic rings. The first kappa shape index (κ1) is 13.1. The van der Waals surface area contributed by atoms with Crippen LogP contribution in [0.15, 0.2) is 30.3 Å². The highest BCUT2D eigenvalue weighted by molar-refractivity contribution is 7.87. The van der Waals surface area contributed by atoms with Crippen molar-refractivity contribution < 1.29 is 13.5 Å². The standard InChI is InChI=1S/C10H16N2O3S/c1-2-11-16(14,15)12-10(8-13)9-6-4-3-5-7-9/h3-7,10-13H,2,8H2,1H3. The van der Waals surface area contributed by atoms with Gasteiger partial charge in [0.25, 0.3) is 10.2 Å². The second-order valence-corrected chi connectivity index (χ2v) is 4.80. The number of aliphatic hydroxyl groups excluding tert-OH is 1. The fourth-order valence-corrected chi connectivity index (χ4v) is 2.36. The van der Waals surface area contributed by atoms with E-state index in [1.165, 1.54) is 0 Å². The number of nitrogens with one attached hydrogen (secondary N) is 2. The first-order valence-corrected chi connectivity index (χ1v) is 6.50. The van der Waals surface area contributed by atoms with Gasteiger partial charge in [0.15, 0.2) is 0 Å². The van der Waals surface area contributed by atoms with Gasteiger partial charge in [0.1, 0.15) is 0 Å². The number of aliphatic hydroxyl groups is 1. The summed E-state index contributed by atoms with van der Waals surface area (Å²) >= 11 is 0. The van der Waals surface area contributed by atoms with Crippen LogP contribution >= 0.6 is 0 Å². The second kappa shape index (κ2) is 5.95. The van der Waals surface area contributed by atoms with E-state index in [2.05, 4.69) is 9.44 Å². The van der Waals surface area contributed by atoms with Crippen LogP contribution in [-0.2, 0) is 10.2 Å². The van der Waals surface area contributed by atoms with Gasteiger partial charge < -0.3 is 5.11 Å². The Morgan fingerprint density at radius 1 is 1.31 bits per heavy atom. The Hall–Kier alpha value is -0.950. The van der Waals surface area contributed by atoms with Crippen LogP contribution < -0.4 is 9.44 Å². The maximum Gasteiger partial charge on any atom is 0.277 e. The normalized spacial score (nSPS) is 13.6. The second-order valence-electron chi connectivity index (χ2n) is 3.27. The topological polar surface area (TPSA) is 78.4 Å². The first-order chi connectivity index (χ1) is 7.59. The molecule has 0 heterocycles. The van der Waals surface area contributed by atoms with Crippen LogP contribution in [0.5, 0.6) is 0 Å². The lowest BCUT2D eigenvalue weighted by molar-refractivity contribution is 0.258. The molecule has 0 bridgehead atoms. The summed E-state index contributed by atoms with van der Waals surface area (Å²) in [5.41, 5.74) is 0.728. The predicted octanol–water partition coefficient (Wildman–Crippen LogP) is 0.164. The van der Waals surface area contributed by atoms with Crippen LogP contribution in [0.1, 0.15) is 18.5 Å². The molecule has 0 radical (unpaired) electrons. The van der Waals surface area contributed by atoms with Crippen molar-refractivity contribution in [1.29, 1.82) is 0 Å². The summed E-state index contributed by atoms with van der Waals surface area (Å²) in [5.74, 6) is 0. The molecule has 0 aliphatic carbocycles. The van der Waals surface area contributed by atoms with Crippen molar-refractivity contribution in [2.75, 3.05) is 13.2 Å². The zero-order valence-corrected chi connectivity index (χ0v) is 9.87. The molecular formula is C10H16N2O3S. The number of rotatable bonds is 6. The van der Waals surface area contributed by atoms with E-state index in [9.17, 15) is 8.42 Å². The van der Waals surface area contributed by atoms with Gasteiger partial charge >= 0.3 is 0 Å². The van der Waals surface area contributed by atoms with E-state index in [0.717, 1.165) is 5.56 Å². The molecule has 0 amide bonds. The summed E-state index contributed by atoms with van der Waals surface area (Å²) in [6.45, 7) is 1.71. The molecule has 90 valence electrons. The van der Waals surface area contributed by atoms with E-state index in [-0.39, 0.29) is 6.61 Å². The molecule has 0 fully saturated rings. The third-order valence-electron chi connectivity index (χ3n) is 2.02. The van der Waals surface area contributed by atoms with Crippen LogP contribution in [0.25, 0.3) is 0 Å². The van der Waals surface area contributed by atoms with E-state index in [0.29, 0.717) is 6.54 Å². The maximum absolute atomic E-state index is 11.4. The number of hydrogen-bond donors (Lipinski definition) is 3. The van der Waals surface area contributed by atoms with Crippen LogP contribution in [0.3, 0.4) is 0 Å². The molecule has 0 saturated carbocycles. The average Bonchev–Trinajstić information content (AvgIpc) is 2.27. The Morgan fingerprint density at radius 2 is 1.94 bits per heavy atom. The van der Waals surface area contributed by atoms with Crippen LogP contribution in [-0.4, -0.2) is 26.7 Å². The predicted molar refractivity (Wildman–Crippen MR) is 62.0 cm³/mol. The highest BCUT2D eigenvalue weighted by Crippen LogP contribution is 2.12. The van der Waals surface area contributed by atoms with Crippen molar-refractivity contribution >= 4 is 10.2 Å². The van der Waals surface area contributed by atoms with Crippen LogP contribution in [0.2, 0.25) is 0 Å². The van der Waals surface area contributed by atoms with Crippen molar-refractivity contribution in [3.05, 3.63) is 35.9 Å². The van der Waals surface area contributed by atoms with Gasteiger partial charge in [-0.25, -0.2) is 4.72 Å². The Balaban J connectivity index is 2.78. The van der Waals surface area contributed by atoms with E-state index in [1.54, 1.807) is 31.2 Å². The van der Waals surface area contributed by atoms with Crippen molar-refractivity contribution in [2.45, 2.75) is 13.0 Å². The molecule has 0 aliphatic rings. The molecule has 1 unspecified atom stereocenters. The maximum atomic E-state index is 11.4. The zero-order valence-electron chi connectivity index (χ0n) is 9.05. The molecule has 1 rings (SSSR count). The van der Waals surface area contributed by atoms with Crippen molar-refractivity contribution in [3.8, 4) is 0 Å². The molecular weight excluding hydrogens is 228 g/mol.